The Hall–Kier alpha value is -1.07. The van der Waals surface area contributed by atoms with E-state index in [-0.39, 0.29) is 11.9 Å². The molecule has 1 aliphatic rings. The van der Waals surface area contributed by atoms with Gasteiger partial charge in [-0.25, -0.2) is 0 Å². The summed E-state index contributed by atoms with van der Waals surface area (Å²) in [7, 11) is 1.44. The van der Waals surface area contributed by atoms with Crippen molar-refractivity contribution in [2.24, 2.45) is 5.92 Å². The molecule has 0 radical (unpaired) electrons. The van der Waals surface area contributed by atoms with Crippen LogP contribution in [0, 0.1) is 12.8 Å². The Morgan fingerprint density at radius 2 is 2.32 bits per heavy atom. The van der Waals surface area contributed by atoms with Crippen molar-refractivity contribution < 1.29 is 9.53 Å². The van der Waals surface area contributed by atoms with Gasteiger partial charge in [-0.05, 0) is 26.8 Å². The zero-order valence-corrected chi connectivity index (χ0v) is 12.4. The number of rotatable bonds is 4. The molecule has 0 bridgehead atoms. The molecule has 1 fully saturated rings. The third-order valence-electron chi connectivity index (χ3n) is 3.63. The average Bonchev–Trinajstić information content (AvgIpc) is 2.98. The summed E-state index contributed by atoms with van der Waals surface area (Å²) in [6.07, 6.45) is 0.851. The van der Waals surface area contributed by atoms with Crippen LogP contribution < -0.4 is 0 Å². The molecule has 5 nitrogen and oxygen atoms in total. The molecule has 1 aromatic rings. The average molecular weight is 286 g/mol. The number of hydrogen-bond acceptors (Lipinski definition) is 4. The van der Waals surface area contributed by atoms with Crippen LogP contribution in [0.3, 0.4) is 0 Å². The molecule has 0 aromatic carbocycles. The van der Waals surface area contributed by atoms with Gasteiger partial charge in [0.05, 0.1) is 29.4 Å². The van der Waals surface area contributed by atoms with Crippen LogP contribution in [0.5, 0.6) is 0 Å². The number of ether oxygens (including phenoxy) is 1. The summed E-state index contributed by atoms with van der Waals surface area (Å²) in [6.45, 7) is 7.13. The fourth-order valence-electron chi connectivity index (χ4n) is 2.57. The SMILES string of the molecule is CCn1nc(C)c(Cl)c1CN1CCC(C(=O)OC)C1. The van der Waals surface area contributed by atoms with Gasteiger partial charge in [-0.3, -0.25) is 14.4 Å². The molecule has 0 N–H and O–H groups in total. The molecule has 6 heteroatoms. The number of likely N-dealkylation sites (tertiary alicyclic amines) is 1. The zero-order chi connectivity index (χ0) is 14.0. The van der Waals surface area contributed by atoms with Crippen LogP contribution in [0.2, 0.25) is 5.02 Å². The summed E-state index contributed by atoms with van der Waals surface area (Å²) >= 11 is 6.30. The Morgan fingerprint density at radius 1 is 1.58 bits per heavy atom. The van der Waals surface area contributed by atoms with Crippen molar-refractivity contribution in [1.82, 2.24) is 14.7 Å². The van der Waals surface area contributed by atoms with Crippen molar-refractivity contribution in [2.75, 3.05) is 20.2 Å². The van der Waals surface area contributed by atoms with Crippen LogP contribution in [-0.4, -0.2) is 40.8 Å². The van der Waals surface area contributed by atoms with Crippen molar-refractivity contribution in [3.63, 3.8) is 0 Å². The van der Waals surface area contributed by atoms with Gasteiger partial charge in [0, 0.05) is 19.6 Å². The maximum Gasteiger partial charge on any atom is 0.310 e. The molecule has 1 aliphatic heterocycles. The van der Waals surface area contributed by atoms with Gasteiger partial charge in [-0.2, -0.15) is 5.10 Å². The molecule has 0 spiro atoms. The second-order valence-corrected chi connectivity index (χ2v) is 5.28. The van der Waals surface area contributed by atoms with Gasteiger partial charge in [0.2, 0.25) is 0 Å². The summed E-state index contributed by atoms with van der Waals surface area (Å²) in [5.74, 6) is -0.128. The molecule has 1 aromatic heterocycles. The number of esters is 1. The summed E-state index contributed by atoms with van der Waals surface area (Å²) in [4.78, 5) is 13.7. The van der Waals surface area contributed by atoms with Crippen LogP contribution in [-0.2, 0) is 22.6 Å². The highest BCUT2D eigenvalue weighted by atomic mass is 35.5. The number of nitrogens with zero attached hydrogens (tertiary/aromatic N) is 3. The Kier molecular flexibility index (Phi) is 4.47. The highest BCUT2D eigenvalue weighted by Gasteiger charge is 2.30. The van der Waals surface area contributed by atoms with Crippen LogP contribution in [0.15, 0.2) is 0 Å². The molecule has 0 saturated carbocycles. The predicted molar refractivity (Wildman–Crippen MR) is 73.0 cm³/mol. The first kappa shape index (κ1) is 14.3. The first-order valence-electron chi connectivity index (χ1n) is 6.58. The summed E-state index contributed by atoms with van der Waals surface area (Å²) in [5.41, 5.74) is 1.90. The molecule has 1 unspecified atom stereocenters. The van der Waals surface area contributed by atoms with Gasteiger partial charge >= 0.3 is 5.97 Å². The standard InChI is InChI=1S/C13H20ClN3O2/c1-4-17-11(12(14)9(2)15-17)8-16-6-5-10(7-16)13(18)19-3/h10H,4-8H2,1-3H3. The quantitative estimate of drug-likeness (QED) is 0.792. The molecule has 2 heterocycles. The van der Waals surface area contributed by atoms with E-state index in [2.05, 4.69) is 10.00 Å². The highest BCUT2D eigenvalue weighted by molar-refractivity contribution is 6.31. The van der Waals surface area contributed by atoms with E-state index >= 15 is 0 Å². The van der Waals surface area contributed by atoms with Crippen molar-refractivity contribution in [3.05, 3.63) is 16.4 Å². The molecule has 0 amide bonds. The summed E-state index contributed by atoms with van der Waals surface area (Å²) in [6, 6.07) is 0. The minimum atomic E-state index is -0.117. The Balaban J connectivity index is 2.05. The first-order valence-corrected chi connectivity index (χ1v) is 6.96. The van der Waals surface area contributed by atoms with Gasteiger partial charge in [-0.1, -0.05) is 11.6 Å². The number of carbonyl (C=O) groups excluding carboxylic acids is 1. The number of halogens is 1. The van der Waals surface area contributed by atoms with E-state index in [0.717, 1.165) is 49.0 Å². The predicted octanol–water partition coefficient (Wildman–Crippen LogP) is 1.86. The van der Waals surface area contributed by atoms with E-state index in [1.165, 1.54) is 7.11 Å². The van der Waals surface area contributed by atoms with E-state index < -0.39 is 0 Å². The number of aromatic nitrogens is 2. The molecular formula is C13H20ClN3O2. The Bertz CT molecular complexity index is 473. The molecule has 19 heavy (non-hydrogen) atoms. The van der Waals surface area contributed by atoms with Crippen molar-refractivity contribution >= 4 is 17.6 Å². The lowest BCUT2D eigenvalue weighted by Gasteiger charge is -2.16. The smallest absolute Gasteiger partial charge is 0.310 e. The highest BCUT2D eigenvalue weighted by Crippen LogP contribution is 2.25. The third kappa shape index (κ3) is 2.92. The third-order valence-corrected chi connectivity index (χ3v) is 4.12. The maximum atomic E-state index is 11.5. The van der Waals surface area contributed by atoms with Crippen LogP contribution in [0.4, 0.5) is 0 Å². The lowest BCUT2D eigenvalue weighted by atomic mass is 10.1. The fraction of sp³-hybridized carbons (Fsp3) is 0.692. The molecule has 0 aliphatic carbocycles. The Labute approximate surface area is 118 Å². The molecule has 106 valence electrons. The van der Waals surface area contributed by atoms with Crippen LogP contribution >= 0.6 is 11.6 Å². The second-order valence-electron chi connectivity index (χ2n) is 4.91. The molecule has 2 rings (SSSR count). The van der Waals surface area contributed by atoms with Crippen LogP contribution in [0.25, 0.3) is 0 Å². The van der Waals surface area contributed by atoms with Gasteiger partial charge in [0.15, 0.2) is 0 Å². The zero-order valence-electron chi connectivity index (χ0n) is 11.6. The Morgan fingerprint density at radius 3 is 2.95 bits per heavy atom. The van der Waals surface area contributed by atoms with Crippen molar-refractivity contribution in [1.29, 1.82) is 0 Å². The normalized spacial score (nSPS) is 19.9. The number of methoxy groups -OCH3 is 1. The molecule has 1 atom stereocenters. The van der Waals surface area contributed by atoms with E-state index in [1.807, 2.05) is 18.5 Å². The van der Waals surface area contributed by atoms with Gasteiger partial charge < -0.3 is 4.74 Å². The minimum absolute atomic E-state index is 0.0112. The summed E-state index contributed by atoms with van der Waals surface area (Å²) < 4.78 is 6.73. The van der Waals surface area contributed by atoms with Crippen molar-refractivity contribution in [3.8, 4) is 0 Å². The summed E-state index contributed by atoms with van der Waals surface area (Å²) in [5, 5.41) is 5.15. The van der Waals surface area contributed by atoms with E-state index in [0.29, 0.717) is 0 Å². The van der Waals surface area contributed by atoms with Crippen LogP contribution in [0.1, 0.15) is 24.7 Å². The van der Waals surface area contributed by atoms with E-state index in [1.54, 1.807) is 0 Å². The first-order chi connectivity index (χ1) is 9.06. The number of carbonyl (C=O) groups is 1. The number of hydrogen-bond donors (Lipinski definition) is 0. The molecule has 1 saturated heterocycles. The number of aryl methyl sites for hydroxylation is 2. The fourth-order valence-corrected chi connectivity index (χ4v) is 2.76. The second kappa shape index (κ2) is 5.92. The maximum absolute atomic E-state index is 11.5. The topological polar surface area (TPSA) is 47.4 Å². The van der Waals surface area contributed by atoms with E-state index in [4.69, 9.17) is 16.3 Å². The van der Waals surface area contributed by atoms with Crippen molar-refractivity contribution in [2.45, 2.75) is 33.4 Å². The minimum Gasteiger partial charge on any atom is -0.469 e. The van der Waals surface area contributed by atoms with E-state index in [9.17, 15) is 4.79 Å². The monoisotopic (exact) mass is 285 g/mol. The van der Waals surface area contributed by atoms with Gasteiger partial charge in [0.25, 0.3) is 0 Å². The van der Waals surface area contributed by atoms with Gasteiger partial charge in [-0.15, -0.1) is 0 Å². The molecular weight excluding hydrogens is 266 g/mol. The largest absolute Gasteiger partial charge is 0.469 e. The lowest BCUT2D eigenvalue weighted by molar-refractivity contribution is -0.144. The lowest BCUT2D eigenvalue weighted by Crippen LogP contribution is -2.25. The van der Waals surface area contributed by atoms with Gasteiger partial charge in [0.1, 0.15) is 0 Å².